The van der Waals surface area contributed by atoms with Crippen molar-refractivity contribution in [2.75, 3.05) is 16.0 Å². The smallest absolute Gasteiger partial charge is 0.266 e. The molecular weight excluding hydrogens is 1770 g/mol. The van der Waals surface area contributed by atoms with Crippen molar-refractivity contribution in [2.24, 2.45) is 0 Å². The van der Waals surface area contributed by atoms with Crippen LogP contribution in [0.3, 0.4) is 0 Å². The molecule has 10 amide bonds. The fourth-order valence-electron chi connectivity index (χ4n) is 18.7. The maximum absolute atomic E-state index is 13.0. The van der Waals surface area contributed by atoms with Gasteiger partial charge in [-0.2, -0.15) is 0 Å². The molecule has 0 bridgehead atoms. The predicted molar refractivity (Wildman–Crippen MR) is 534 cm³/mol. The van der Waals surface area contributed by atoms with Gasteiger partial charge in [-0.25, -0.2) is 9.97 Å². The lowest BCUT2D eigenvalue weighted by atomic mass is 9.90. The van der Waals surface area contributed by atoms with Gasteiger partial charge in [-0.05, 0) is 247 Å². The number of benzene rings is 6. The van der Waals surface area contributed by atoms with Crippen LogP contribution in [-0.2, 0) is 41.9 Å². The fourth-order valence-corrected chi connectivity index (χ4v) is 18.7. The number of nitrogens with zero attached hydrogens (tertiary/aromatic N) is 8. The molecule has 6 atom stereocenters. The molecule has 139 heavy (non-hydrogen) atoms. The standard InChI is InChI=1S/C19H23N3O2.C19H22N2O3.C17H19N3O3.C17H21N3O2.C17H18N2O4.C17H20N2O3.CH4/c1-11(2)20-15-7-5-6-14-18(15)21-13(4)22(19(14)24)16-9-8-12(3)10-17(16)23;1-11(2)24-17-7-5-6-14-18(17)20-13(4)21(19(14)23)15-9-8-12(3)10-16(15)22;1-9(2)18-12-6-4-5-11-14(12)17(23)20(16(11)22)13-8-7-10(3)19-15(13)21;1-10(2)18-14-6-4-5-12-13(14)9-20(17(12)22)15-8-7-11(3)19-16(15)21;1-9(2)23-13-6-4-5-11-14(13)17(22)19(16(11)21)12-8-7-10(3)18-15(12)20;1-10(2)22-15-6-4-5-12-13(15)9-19(17(12)21)14-8-7-11(3)18-16(14)20;/h5-7,11,16,20H,3,8-10H2,1-2,4H3;5-7,11,15H,3,8-10H2,1-2,4H3;4-6,9,13,18H,3,7-8H2,1-2H3,(H,19,21);4-6,10,15,18H,3,7-9H2,1-2H3,(H,19,21);4-6,9,12H,3,7-8H2,1-2H3,(H,18,20);4-6,10,14H,3,7-9H2,1-2H3,(H,18,20);1H4. The molecule has 0 spiro atoms. The molecule has 32 heteroatoms. The molecule has 18 rings (SSSR count). The molecular formula is C107H127N15O17. The molecule has 6 fully saturated rings. The number of anilines is 3. The van der Waals surface area contributed by atoms with Crippen LogP contribution in [0.2, 0.25) is 0 Å². The third-order valence-electron chi connectivity index (χ3n) is 24.8. The second-order valence-electron chi connectivity index (χ2n) is 37.8. The molecule has 10 aliphatic rings. The molecule has 732 valence electrons. The first-order valence-corrected chi connectivity index (χ1v) is 47.0. The lowest BCUT2D eigenvalue weighted by Gasteiger charge is -2.31. The minimum absolute atomic E-state index is 0. The normalized spacial score (nSPS) is 19.9. The SMILES string of the molecule is C.C=C1CCC(N2C(=O)c3cccc(NC(C)C)c3C2=O)C(=O)N1.C=C1CCC(N2C(=O)c3cccc(OC(C)C)c3C2=O)C(=O)N1.C=C1CCC(N2Cc3c(NC(C)C)cccc3C2=O)C(=O)N1.C=C1CCC(N2Cc3c(OC(C)C)cccc3C2=O)C(=O)N1.C=C1CCC(n2c(C)nc3c(NC(C)C)cccc3c2=O)C(=O)C1.C=C1CCC(n2c(C)nc3c(OC(C)C)cccc3c2=O)C(=O)C1. The van der Waals surface area contributed by atoms with E-state index in [1.807, 2.05) is 118 Å². The third kappa shape index (κ3) is 22.6. The van der Waals surface area contributed by atoms with Crippen molar-refractivity contribution < 1.29 is 71.7 Å². The van der Waals surface area contributed by atoms with Crippen molar-refractivity contribution in [2.45, 2.75) is 280 Å². The Morgan fingerprint density at radius 3 is 1.12 bits per heavy atom. The Bertz CT molecular complexity index is 6110. The van der Waals surface area contributed by atoms with E-state index < -0.39 is 59.9 Å². The molecule has 6 unspecified atom stereocenters. The maximum Gasteiger partial charge on any atom is 0.266 e. The molecule has 8 aliphatic heterocycles. The predicted octanol–water partition coefficient (Wildman–Crippen LogP) is 15.6. The molecule has 8 aromatic rings. The Hall–Kier alpha value is -14.7. The summed E-state index contributed by atoms with van der Waals surface area (Å²) in [6.07, 6.45) is 7.91. The number of nitrogens with one attached hydrogen (secondary N) is 7. The number of piperidine rings is 4. The lowest BCUT2D eigenvalue weighted by Crippen LogP contribution is -2.51. The van der Waals surface area contributed by atoms with Gasteiger partial charge in [0, 0.05) is 93.9 Å². The van der Waals surface area contributed by atoms with Crippen LogP contribution < -0.4 is 62.5 Å². The van der Waals surface area contributed by atoms with Gasteiger partial charge in [0.1, 0.15) is 64.1 Å². The number of imide groups is 2. The zero-order chi connectivity index (χ0) is 100. The van der Waals surface area contributed by atoms with E-state index in [0.717, 1.165) is 67.7 Å². The van der Waals surface area contributed by atoms with Gasteiger partial charge < -0.3 is 61.2 Å². The lowest BCUT2D eigenvalue weighted by molar-refractivity contribution is -0.127. The minimum Gasteiger partial charge on any atom is -0.491 e. The van der Waals surface area contributed by atoms with Crippen LogP contribution in [0.25, 0.3) is 21.8 Å². The second kappa shape index (κ2) is 43.7. The number of amides is 10. The highest BCUT2D eigenvalue weighted by Gasteiger charge is 2.49. The summed E-state index contributed by atoms with van der Waals surface area (Å²) < 4.78 is 20.3. The van der Waals surface area contributed by atoms with E-state index in [9.17, 15) is 67.1 Å². The summed E-state index contributed by atoms with van der Waals surface area (Å²) in [7, 11) is 0. The van der Waals surface area contributed by atoms with Gasteiger partial charge in [0.05, 0.1) is 75.7 Å². The van der Waals surface area contributed by atoms with E-state index in [1.165, 1.54) is 4.57 Å². The number of para-hydroxylation sites is 2. The van der Waals surface area contributed by atoms with Crippen LogP contribution in [0.1, 0.15) is 277 Å². The Morgan fingerprint density at radius 2 is 0.676 bits per heavy atom. The zero-order valence-corrected chi connectivity index (χ0v) is 80.9. The van der Waals surface area contributed by atoms with E-state index in [4.69, 9.17) is 14.2 Å². The largest absolute Gasteiger partial charge is 0.491 e. The van der Waals surface area contributed by atoms with Crippen molar-refractivity contribution in [3.8, 4) is 17.2 Å². The number of carbonyl (C=O) groups excluding carboxylic acids is 12. The van der Waals surface area contributed by atoms with Crippen LogP contribution in [0.5, 0.6) is 17.2 Å². The summed E-state index contributed by atoms with van der Waals surface area (Å²) in [5.41, 5.74) is 12.3. The molecule has 0 radical (unpaired) electrons. The van der Waals surface area contributed by atoms with E-state index in [2.05, 4.69) is 101 Å². The number of fused-ring (bicyclic) bond motifs is 6. The number of allylic oxidation sites excluding steroid dienone is 6. The van der Waals surface area contributed by atoms with Gasteiger partial charge in [0.25, 0.3) is 46.6 Å². The van der Waals surface area contributed by atoms with Gasteiger partial charge in [-0.15, -0.1) is 0 Å². The molecule has 2 saturated carbocycles. The average Bonchev–Trinajstić information content (AvgIpc) is 1.73. The quantitative estimate of drug-likeness (QED) is 0.0310. The first kappa shape index (κ1) is 103. The van der Waals surface area contributed by atoms with Crippen molar-refractivity contribution in [3.63, 3.8) is 0 Å². The maximum atomic E-state index is 13.0. The molecule has 2 aromatic heterocycles. The van der Waals surface area contributed by atoms with Gasteiger partial charge >= 0.3 is 0 Å². The first-order valence-electron chi connectivity index (χ1n) is 47.0. The summed E-state index contributed by atoms with van der Waals surface area (Å²) in [4.78, 5) is 190. The van der Waals surface area contributed by atoms with Crippen LogP contribution in [0.4, 0.5) is 17.1 Å². The molecule has 2 aliphatic carbocycles. The number of hydrogen-bond acceptors (Lipinski definition) is 22. The molecule has 10 heterocycles. The van der Waals surface area contributed by atoms with Crippen molar-refractivity contribution in [1.82, 2.24) is 60.0 Å². The van der Waals surface area contributed by atoms with Crippen molar-refractivity contribution in [3.05, 3.63) is 259 Å². The second-order valence-corrected chi connectivity index (χ2v) is 37.8. The van der Waals surface area contributed by atoms with E-state index in [-0.39, 0.29) is 113 Å². The van der Waals surface area contributed by atoms with Crippen LogP contribution in [0, 0.1) is 13.8 Å². The molecule has 4 saturated heterocycles. The van der Waals surface area contributed by atoms with E-state index >= 15 is 0 Å². The van der Waals surface area contributed by atoms with Crippen LogP contribution >= 0.6 is 0 Å². The Balaban J connectivity index is 0.000000149. The van der Waals surface area contributed by atoms with Crippen molar-refractivity contribution in [1.29, 1.82) is 0 Å². The van der Waals surface area contributed by atoms with Gasteiger partial charge in [0.15, 0.2) is 11.6 Å². The molecule has 6 aromatic carbocycles. The number of aromatic nitrogens is 4. The zero-order valence-electron chi connectivity index (χ0n) is 80.9. The highest BCUT2D eigenvalue weighted by atomic mass is 16.5. The summed E-state index contributed by atoms with van der Waals surface area (Å²) in [6.45, 7) is 50.8. The monoisotopic (exact) mass is 1890 g/mol. The van der Waals surface area contributed by atoms with Gasteiger partial charge in [0.2, 0.25) is 23.6 Å². The highest BCUT2D eigenvalue weighted by Crippen LogP contribution is 2.41. The molecule has 7 N–H and O–H groups in total. The number of ketones is 2. The van der Waals surface area contributed by atoms with Gasteiger partial charge in [-0.3, -0.25) is 86.1 Å². The van der Waals surface area contributed by atoms with E-state index in [1.54, 1.807) is 88.9 Å². The minimum atomic E-state index is -0.806. The fraction of sp³-hybridized carbons (Fsp3) is 0.402. The Morgan fingerprint density at radius 1 is 0.345 bits per heavy atom. The summed E-state index contributed by atoms with van der Waals surface area (Å²) in [6, 6.07) is 29.5. The summed E-state index contributed by atoms with van der Waals surface area (Å²) in [5, 5.41) is 21.6. The number of Topliss-reactive ketones (excluding diaryl/α,β-unsaturated/α-hetero) is 2. The number of hydrogen-bond donors (Lipinski definition) is 7. The Labute approximate surface area is 809 Å². The van der Waals surface area contributed by atoms with Crippen molar-refractivity contribution >= 4 is 110 Å². The van der Waals surface area contributed by atoms with Gasteiger partial charge in [-0.1, -0.05) is 94.4 Å². The van der Waals surface area contributed by atoms with E-state index in [0.29, 0.717) is 180 Å². The first-order chi connectivity index (χ1) is 65.5. The number of aryl methyl sites for hydroxylation is 2. The number of rotatable bonds is 18. The van der Waals surface area contributed by atoms with Crippen LogP contribution in [0.15, 0.2) is 192 Å². The average molecular weight is 1900 g/mol. The molecule has 32 nitrogen and oxygen atoms in total. The summed E-state index contributed by atoms with van der Waals surface area (Å²) >= 11 is 0. The number of ether oxygens (including phenoxy) is 3. The topological polar surface area (TPSA) is 399 Å². The number of carbonyl (C=O) groups is 12. The highest BCUT2D eigenvalue weighted by molar-refractivity contribution is 6.26. The van der Waals surface area contributed by atoms with Crippen LogP contribution in [-0.4, -0.2) is 170 Å². The third-order valence-corrected chi connectivity index (χ3v) is 24.8. The Kier molecular flexibility index (Phi) is 32.5. The summed E-state index contributed by atoms with van der Waals surface area (Å²) in [5.74, 6) is -0.0214.